The summed E-state index contributed by atoms with van der Waals surface area (Å²) in [6.45, 7) is 8.45. The Morgan fingerprint density at radius 3 is 2.23 bits per heavy atom. The van der Waals surface area contributed by atoms with Gasteiger partial charge < -0.3 is 10.2 Å². The van der Waals surface area contributed by atoms with Crippen LogP contribution in [0.1, 0.15) is 30.5 Å². The summed E-state index contributed by atoms with van der Waals surface area (Å²) in [4.78, 5) is 16.3. The van der Waals surface area contributed by atoms with E-state index in [-0.39, 0.29) is 6.03 Å². The molecule has 0 saturated carbocycles. The summed E-state index contributed by atoms with van der Waals surface area (Å²) in [6, 6.07) is 15.9. The van der Waals surface area contributed by atoms with Crippen LogP contribution in [0.4, 0.5) is 4.79 Å². The Balaban J connectivity index is 1.82. The molecule has 0 saturated heterocycles. The molecule has 0 atom stereocenters. The van der Waals surface area contributed by atoms with Crippen LogP contribution >= 0.6 is 11.6 Å². The smallest absolute Gasteiger partial charge is 0.317 e. The lowest BCUT2D eigenvalue weighted by Crippen LogP contribution is -2.36. The van der Waals surface area contributed by atoms with E-state index in [0.29, 0.717) is 18.1 Å². The Morgan fingerprint density at radius 1 is 0.962 bits per heavy atom. The molecule has 1 N–H and O–H groups in total. The molecule has 0 aliphatic rings. The maximum absolute atomic E-state index is 12.3. The number of urea groups is 1. The Kier molecular flexibility index (Phi) is 7.95. The molecule has 0 fully saturated rings. The van der Waals surface area contributed by atoms with Crippen LogP contribution in [0.3, 0.4) is 0 Å². The highest BCUT2D eigenvalue weighted by molar-refractivity contribution is 6.30. The van der Waals surface area contributed by atoms with Crippen molar-refractivity contribution in [2.24, 2.45) is 0 Å². The summed E-state index contributed by atoms with van der Waals surface area (Å²) >= 11 is 5.99. The number of nitrogens with zero attached hydrogens (tertiary/aromatic N) is 2. The van der Waals surface area contributed by atoms with Crippen LogP contribution in [0.2, 0.25) is 5.02 Å². The minimum atomic E-state index is -0.0998. The first kappa shape index (κ1) is 20.3. The molecule has 0 heterocycles. The fourth-order valence-electron chi connectivity index (χ4n) is 2.76. The van der Waals surface area contributed by atoms with Gasteiger partial charge in [0.05, 0.1) is 0 Å². The van der Waals surface area contributed by atoms with Gasteiger partial charge in [-0.05, 0) is 41.9 Å². The summed E-state index contributed by atoms with van der Waals surface area (Å²) in [5, 5.41) is 3.64. The summed E-state index contributed by atoms with van der Waals surface area (Å²) in [5.41, 5.74) is 3.40. The van der Waals surface area contributed by atoms with Crippen LogP contribution < -0.4 is 5.32 Å². The van der Waals surface area contributed by atoms with Gasteiger partial charge in [-0.25, -0.2) is 4.79 Å². The minimum absolute atomic E-state index is 0.0998. The van der Waals surface area contributed by atoms with Gasteiger partial charge in [0.15, 0.2) is 0 Å². The number of hydrogen-bond donors (Lipinski definition) is 1. The SMILES string of the molecule is CCN(CC)Cc1ccc(CNC(=O)N(C)Cc2cccc(Cl)c2)cc1. The number of nitrogens with one attached hydrogen (secondary N) is 1. The van der Waals surface area contributed by atoms with Gasteiger partial charge in [-0.2, -0.15) is 0 Å². The van der Waals surface area contributed by atoms with Crippen molar-refractivity contribution in [2.45, 2.75) is 33.5 Å². The van der Waals surface area contributed by atoms with E-state index in [9.17, 15) is 4.79 Å². The first-order valence-corrected chi connectivity index (χ1v) is 9.43. The maximum Gasteiger partial charge on any atom is 0.317 e. The van der Waals surface area contributed by atoms with Gasteiger partial charge in [-0.15, -0.1) is 0 Å². The number of rotatable bonds is 8. The lowest BCUT2D eigenvalue weighted by atomic mass is 10.1. The summed E-state index contributed by atoms with van der Waals surface area (Å²) in [6.07, 6.45) is 0. The molecule has 140 valence electrons. The van der Waals surface area contributed by atoms with Crippen molar-refractivity contribution in [3.63, 3.8) is 0 Å². The highest BCUT2D eigenvalue weighted by atomic mass is 35.5. The quantitative estimate of drug-likeness (QED) is 0.738. The average molecular weight is 374 g/mol. The molecule has 2 amide bonds. The third kappa shape index (κ3) is 6.36. The molecule has 2 aromatic rings. The van der Waals surface area contributed by atoms with E-state index in [0.717, 1.165) is 30.8 Å². The lowest BCUT2D eigenvalue weighted by molar-refractivity contribution is 0.206. The highest BCUT2D eigenvalue weighted by Crippen LogP contribution is 2.12. The molecule has 2 aromatic carbocycles. The third-order valence-electron chi connectivity index (χ3n) is 4.42. The molecule has 0 aliphatic carbocycles. The van der Waals surface area contributed by atoms with Crippen molar-refractivity contribution >= 4 is 17.6 Å². The largest absolute Gasteiger partial charge is 0.334 e. The van der Waals surface area contributed by atoms with Crippen molar-refractivity contribution < 1.29 is 4.79 Å². The molecule has 0 aromatic heterocycles. The van der Waals surface area contributed by atoms with Crippen LogP contribution in [0.25, 0.3) is 0 Å². The van der Waals surface area contributed by atoms with Gasteiger partial charge >= 0.3 is 6.03 Å². The molecule has 0 spiro atoms. The number of carbonyl (C=O) groups is 1. The van der Waals surface area contributed by atoms with E-state index < -0.39 is 0 Å². The minimum Gasteiger partial charge on any atom is -0.334 e. The Bertz CT molecular complexity index is 699. The van der Waals surface area contributed by atoms with Gasteiger partial charge in [0, 0.05) is 31.7 Å². The Labute approximate surface area is 161 Å². The van der Waals surface area contributed by atoms with E-state index in [2.05, 4.69) is 48.3 Å². The van der Waals surface area contributed by atoms with Crippen molar-refractivity contribution in [3.8, 4) is 0 Å². The highest BCUT2D eigenvalue weighted by Gasteiger charge is 2.09. The van der Waals surface area contributed by atoms with Crippen molar-refractivity contribution in [2.75, 3.05) is 20.1 Å². The second-order valence-electron chi connectivity index (χ2n) is 6.42. The predicted molar refractivity (Wildman–Crippen MR) is 108 cm³/mol. The average Bonchev–Trinajstić information content (AvgIpc) is 2.65. The number of carbonyl (C=O) groups excluding carboxylic acids is 1. The summed E-state index contributed by atoms with van der Waals surface area (Å²) in [7, 11) is 1.78. The molecule has 26 heavy (non-hydrogen) atoms. The number of amides is 2. The van der Waals surface area contributed by atoms with Crippen LogP contribution in [-0.2, 0) is 19.6 Å². The lowest BCUT2D eigenvalue weighted by Gasteiger charge is -2.19. The molecule has 0 radical (unpaired) electrons. The van der Waals surface area contributed by atoms with Gasteiger partial charge in [-0.1, -0.05) is 61.8 Å². The zero-order valence-electron chi connectivity index (χ0n) is 15.8. The fraction of sp³-hybridized carbons (Fsp3) is 0.381. The van der Waals surface area contributed by atoms with E-state index in [1.165, 1.54) is 5.56 Å². The van der Waals surface area contributed by atoms with Gasteiger partial charge in [0.1, 0.15) is 0 Å². The first-order valence-electron chi connectivity index (χ1n) is 9.05. The number of hydrogen-bond acceptors (Lipinski definition) is 2. The van der Waals surface area contributed by atoms with Gasteiger partial charge in [0.2, 0.25) is 0 Å². The second kappa shape index (κ2) is 10.2. The van der Waals surface area contributed by atoms with Crippen LogP contribution in [0.5, 0.6) is 0 Å². The molecule has 4 nitrogen and oxygen atoms in total. The van der Waals surface area contributed by atoms with E-state index in [1.54, 1.807) is 11.9 Å². The molecule has 0 aliphatic heterocycles. The Hall–Kier alpha value is -2.04. The number of benzene rings is 2. The molecule has 0 bridgehead atoms. The predicted octanol–water partition coefficient (Wildman–Crippen LogP) is 4.52. The van der Waals surface area contributed by atoms with Crippen molar-refractivity contribution in [1.82, 2.24) is 15.1 Å². The number of halogens is 1. The Morgan fingerprint density at radius 2 is 1.62 bits per heavy atom. The molecule has 5 heteroatoms. The fourth-order valence-corrected chi connectivity index (χ4v) is 2.97. The standard InChI is InChI=1S/C21H28ClN3O/c1-4-25(5-2)16-18-11-9-17(10-12-18)14-23-21(26)24(3)15-19-7-6-8-20(22)13-19/h6-13H,4-5,14-16H2,1-3H3,(H,23,26). The van der Waals surface area contributed by atoms with E-state index >= 15 is 0 Å². The van der Waals surface area contributed by atoms with Crippen LogP contribution in [0, 0.1) is 0 Å². The topological polar surface area (TPSA) is 35.6 Å². The molecule has 2 rings (SSSR count). The monoisotopic (exact) mass is 373 g/mol. The van der Waals surface area contributed by atoms with Gasteiger partial charge in [0.25, 0.3) is 0 Å². The van der Waals surface area contributed by atoms with Crippen molar-refractivity contribution in [3.05, 3.63) is 70.2 Å². The van der Waals surface area contributed by atoms with Crippen LogP contribution in [0.15, 0.2) is 48.5 Å². The van der Waals surface area contributed by atoms with Gasteiger partial charge in [-0.3, -0.25) is 4.90 Å². The summed E-state index contributed by atoms with van der Waals surface area (Å²) in [5.74, 6) is 0. The van der Waals surface area contributed by atoms with Crippen LogP contribution in [-0.4, -0.2) is 36.0 Å². The molecule has 0 unspecified atom stereocenters. The molecular weight excluding hydrogens is 346 g/mol. The summed E-state index contributed by atoms with van der Waals surface area (Å²) < 4.78 is 0. The van der Waals surface area contributed by atoms with E-state index in [1.807, 2.05) is 24.3 Å². The second-order valence-corrected chi connectivity index (χ2v) is 6.86. The third-order valence-corrected chi connectivity index (χ3v) is 4.66. The van der Waals surface area contributed by atoms with Crippen molar-refractivity contribution in [1.29, 1.82) is 0 Å². The molecular formula is C21H28ClN3O. The zero-order valence-corrected chi connectivity index (χ0v) is 16.6. The normalized spacial score (nSPS) is 10.8. The zero-order chi connectivity index (χ0) is 18.9. The maximum atomic E-state index is 12.3. The first-order chi connectivity index (χ1) is 12.5. The van der Waals surface area contributed by atoms with E-state index in [4.69, 9.17) is 11.6 Å².